The molecule has 0 bridgehead atoms. The van der Waals surface area contributed by atoms with Crippen LogP contribution >= 0.6 is 0 Å². The summed E-state index contributed by atoms with van der Waals surface area (Å²) in [5, 5.41) is 21.0. The number of carbonyl (C=O) groups is 1. The lowest BCUT2D eigenvalue weighted by Gasteiger charge is -2.37. The average Bonchev–Trinajstić information content (AvgIpc) is 2.93. The summed E-state index contributed by atoms with van der Waals surface area (Å²) >= 11 is 0. The fourth-order valence-corrected chi connectivity index (χ4v) is 2.48. The monoisotopic (exact) mass is 262 g/mol. The van der Waals surface area contributed by atoms with E-state index in [0.717, 1.165) is 17.7 Å². The van der Waals surface area contributed by atoms with Crippen molar-refractivity contribution in [2.45, 2.75) is 38.1 Å². The van der Waals surface area contributed by atoms with Crippen molar-refractivity contribution < 1.29 is 14.3 Å². The first-order valence-electron chi connectivity index (χ1n) is 6.28. The van der Waals surface area contributed by atoms with Crippen LogP contribution in [0.3, 0.4) is 0 Å². The van der Waals surface area contributed by atoms with Crippen LogP contribution in [0.4, 0.5) is 0 Å². The van der Waals surface area contributed by atoms with Crippen molar-refractivity contribution in [3.8, 4) is 11.4 Å². The third-order valence-corrected chi connectivity index (χ3v) is 3.76. The molecule has 1 aliphatic rings. The zero-order valence-electron chi connectivity index (χ0n) is 10.5. The summed E-state index contributed by atoms with van der Waals surface area (Å²) in [7, 11) is 0. The van der Waals surface area contributed by atoms with E-state index in [-0.39, 0.29) is 0 Å². The number of aliphatic carboxylic acids is 1. The van der Waals surface area contributed by atoms with Gasteiger partial charge in [-0.2, -0.15) is 0 Å². The summed E-state index contributed by atoms with van der Waals surface area (Å²) in [6.07, 6.45) is 4.26. The Balaban J connectivity index is 2.11. The lowest BCUT2D eigenvalue weighted by molar-refractivity contribution is -0.153. The predicted octanol–water partition coefficient (Wildman–Crippen LogP) is 1.46. The van der Waals surface area contributed by atoms with Gasteiger partial charge in [0.1, 0.15) is 5.76 Å². The van der Waals surface area contributed by atoms with Gasteiger partial charge in [-0.3, -0.25) is 0 Å². The first kappa shape index (κ1) is 11.9. The third kappa shape index (κ3) is 1.57. The maximum atomic E-state index is 11.5. The molecule has 2 aromatic rings. The van der Waals surface area contributed by atoms with Crippen LogP contribution in [0.1, 0.15) is 31.9 Å². The van der Waals surface area contributed by atoms with E-state index in [9.17, 15) is 9.90 Å². The summed E-state index contributed by atoms with van der Waals surface area (Å²) in [6, 6.07) is 1.77. The van der Waals surface area contributed by atoms with Crippen LogP contribution < -0.4 is 0 Å². The Kier molecular flexibility index (Phi) is 2.62. The zero-order chi connectivity index (χ0) is 13.5. The molecular formula is C12H14N4O3. The van der Waals surface area contributed by atoms with Crippen LogP contribution in [0, 0.1) is 0 Å². The first-order valence-corrected chi connectivity index (χ1v) is 6.28. The van der Waals surface area contributed by atoms with Crippen LogP contribution in [0.5, 0.6) is 0 Å². The zero-order valence-corrected chi connectivity index (χ0v) is 10.5. The average molecular weight is 262 g/mol. The van der Waals surface area contributed by atoms with Crippen molar-refractivity contribution >= 4 is 5.97 Å². The second-order valence-corrected chi connectivity index (χ2v) is 4.72. The minimum Gasteiger partial charge on any atom is -0.479 e. The largest absolute Gasteiger partial charge is 0.479 e. The van der Waals surface area contributed by atoms with Gasteiger partial charge >= 0.3 is 5.97 Å². The summed E-state index contributed by atoms with van der Waals surface area (Å²) < 4.78 is 6.79. The molecule has 1 fully saturated rings. The normalized spacial score (nSPS) is 17.1. The molecule has 2 heterocycles. The van der Waals surface area contributed by atoms with Gasteiger partial charge < -0.3 is 9.52 Å². The number of rotatable bonds is 4. The molecule has 100 valence electrons. The first-order chi connectivity index (χ1) is 9.19. The fraction of sp³-hybridized carbons (Fsp3) is 0.500. The summed E-state index contributed by atoms with van der Waals surface area (Å²) in [6.45, 7) is 1.97. The third-order valence-electron chi connectivity index (χ3n) is 3.76. The minimum atomic E-state index is -0.999. The van der Waals surface area contributed by atoms with Crippen LogP contribution in [0.15, 0.2) is 16.7 Å². The number of carboxylic acid groups (broad SMARTS) is 1. The molecule has 3 rings (SSSR count). The molecule has 0 unspecified atom stereocenters. The van der Waals surface area contributed by atoms with Gasteiger partial charge in [-0.15, -0.1) is 5.10 Å². The lowest BCUT2D eigenvalue weighted by atomic mass is 9.76. The predicted molar refractivity (Wildman–Crippen MR) is 64.4 cm³/mol. The van der Waals surface area contributed by atoms with Crippen molar-refractivity contribution in [3.05, 3.63) is 18.1 Å². The Morgan fingerprint density at radius 3 is 2.95 bits per heavy atom. The summed E-state index contributed by atoms with van der Waals surface area (Å²) in [5.41, 5.74) is -0.235. The highest BCUT2D eigenvalue weighted by atomic mass is 16.4. The van der Waals surface area contributed by atoms with E-state index in [1.807, 2.05) is 6.92 Å². The van der Waals surface area contributed by atoms with Gasteiger partial charge in [0.25, 0.3) is 0 Å². The second kappa shape index (κ2) is 4.18. The highest BCUT2D eigenvalue weighted by Crippen LogP contribution is 2.41. The molecule has 7 heteroatoms. The molecule has 0 atom stereocenters. The Labute approximate surface area is 109 Å². The number of aromatic nitrogens is 4. The van der Waals surface area contributed by atoms with Crippen molar-refractivity contribution in [2.24, 2.45) is 0 Å². The summed E-state index contributed by atoms with van der Waals surface area (Å²) in [4.78, 5) is 11.5. The number of furan rings is 1. The SMILES string of the molecule is CCc1occc1-c1nnnn1C1(C(=O)O)CCC1. The van der Waals surface area contributed by atoms with Crippen LogP contribution in [-0.4, -0.2) is 31.3 Å². The summed E-state index contributed by atoms with van der Waals surface area (Å²) in [5.74, 6) is 0.345. The molecule has 7 nitrogen and oxygen atoms in total. The van der Waals surface area contributed by atoms with E-state index < -0.39 is 11.5 Å². The Morgan fingerprint density at radius 1 is 1.58 bits per heavy atom. The van der Waals surface area contributed by atoms with Gasteiger partial charge in [0.2, 0.25) is 0 Å². The van der Waals surface area contributed by atoms with Gasteiger partial charge in [0, 0.05) is 6.42 Å². The number of hydrogen-bond donors (Lipinski definition) is 1. The smallest absolute Gasteiger partial charge is 0.331 e. The fourth-order valence-electron chi connectivity index (χ4n) is 2.48. The molecular weight excluding hydrogens is 248 g/mol. The molecule has 0 aromatic carbocycles. The molecule has 0 amide bonds. The van der Waals surface area contributed by atoms with Gasteiger partial charge in [-0.1, -0.05) is 6.92 Å². The molecule has 1 N–H and O–H groups in total. The number of hydrogen-bond acceptors (Lipinski definition) is 5. The molecule has 0 spiro atoms. The van der Waals surface area contributed by atoms with Gasteiger partial charge in [-0.25, -0.2) is 9.48 Å². The quantitative estimate of drug-likeness (QED) is 0.896. The molecule has 2 aromatic heterocycles. The maximum Gasteiger partial charge on any atom is 0.331 e. The molecule has 19 heavy (non-hydrogen) atoms. The van der Waals surface area contributed by atoms with Crippen LogP contribution in [0.25, 0.3) is 11.4 Å². The van der Waals surface area contributed by atoms with E-state index in [4.69, 9.17) is 4.42 Å². The standard InChI is InChI=1S/C12H14N4O3/c1-2-9-8(4-7-19-9)10-13-14-15-16(10)12(11(17)18)5-3-6-12/h4,7H,2-3,5-6H2,1H3,(H,17,18). The Morgan fingerprint density at radius 2 is 2.37 bits per heavy atom. The number of tetrazole rings is 1. The van der Waals surface area contributed by atoms with Crippen molar-refractivity contribution in [1.82, 2.24) is 20.2 Å². The van der Waals surface area contributed by atoms with E-state index in [2.05, 4.69) is 15.5 Å². The molecule has 0 radical (unpaired) electrons. The number of aryl methyl sites for hydroxylation is 1. The van der Waals surface area contributed by atoms with Crippen LogP contribution in [0.2, 0.25) is 0 Å². The van der Waals surface area contributed by atoms with Crippen molar-refractivity contribution in [2.75, 3.05) is 0 Å². The molecule has 1 aliphatic carbocycles. The van der Waals surface area contributed by atoms with Gasteiger partial charge in [-0.05, 0) is 35.8 Å². The van der Waals surface area contributed by atoms with E-state index in [1.165, 1.54) is 4.68 Å². The highest BCUT2D eigenvalue weighted by Gasteiger charge is 2.49. The second-order valence-electron chi connectivity index (χ2n) is 4.72. The number of carboxylic acids is 1. The van der Waals surface area contributed by atoms with Crippen molar-refractivity contribution in [1.29, 1.82) is 0 Å². The van der Waals surface area contributed by atoms with Gasteiger partial charge in [0.15, 0.2) is 11.4 Å². The molecule has 0 aliphatic heterocycles. The minimum absolute atomic E-state index is 0.465. The van der Waals surface area contributed by atoms with Crippen molar-refractivity contribution in [3.63, 3.8) is 0 Å². The maximum absolute atomic E-state index is 11.5. The topological polar surface area (TPSA) is 94.0 Å². The highest BCUT2D eigenvalue weighted by molar-refractivity contribution is 5.78. The van der Waals surface area contributed by atoms with Crippen LogP contribution in [-0.2, 0) is 16.8 Å². The number of nitrogens with zero attached hydrogens (tertiary/aromatic N) is 4. The Hall–Kier alpha value is -2.18. The van der Waals surface area contributed by atoms with Gasteiger partial charge in [0.05, 0.1) is 11.8 Å². The molecule has 1 saturated carbocycles. The lowest BCUT2D eigenvalue weighted by Crippen LogP contribution is -2.48. The van der Waals surface area contributed by atoms with E-state index in [0.29, 0.717) is 25.1 Å². The molecule has 0 saturated heterocycles. The van der Waals surface area contributed by atoms with E-state index >= 15 is 0 Å². The van der Waals surface area contributed by atoms with E-state index in [1.54, 1.807) is 12.3 Å². The Bertz CT molecular complexity index is 612.